The Kier molecular flexibility index (Phi) is 4.84. The van der Waals surface area contributed by atoms with Crippen LogP contribution in [0.4, 0.5) is 11.4 Å². The van der Waals surface area contributed by atoms with Crippen molar-refractivity contribution in [1.82, 2.24) is 10.2 Å². The predicted molar refractivity (Wildman–Crippen MR) is 77.9 cm³/mol. The number of rotatable bonds is 5. The van der Waals surface area contributed by atoms with Gasteiger partial charge in [0.25, 0.3) is 17.3 Å². The van der Waals surface area contributed by atoms with Crippen LogP contribution < -0.4 is 5.32 Å². The second-order valence-electron chi connectivity index (χ2n) is 5.02. The topological polar surface area (TPSA) is 136 Å². The lowest BCUT2D eigenvalue weighted by atomic mass is 10.1. The highest BCUT2D eigenvalue weighted by Gasteiger charge is 2.22. The van der Waals surface area contributed by atoms with E-state index in [2.05, 4.69) is 5.32 Å². The third kappa shape index (κ3) is 3.99. The third-order valence-electron chi connectivity index (χ3n) is 3.45. The molecule has 1 saturated heterocycles. The number of nitrogens with zero attached hydrogens (tertiary/aromatic N) is 3. The first kappa shape index (κ1) is 16.3. The number of hydrogen-bond donors (Lipinski definition) is 1. The van der Waals surface area contributed by atoms with Crippen LogP contribution in [0.3, 0.4) is 0 Å². The maximum Gasteiger partial charge on any atom is 0.277 e. The van der Waals surface area contributed by atoms with Gasteiger partial charge in [0.05, 0.1) is 28.0 Å². The van der Waals surface area contributed by atoms with Gasteiger partial charge in [0, 0.05) is 25.2 Å². The summed E-state index contributed by atoms with van der Waals surface area (Å²) in [7, 11) is 0. The molecule has 2 rings (SSSR count). The largest absolute Gasteiger partial charge is 0.343 e. The monoisotopic (exact) mass is 322 g/mol. The van der Waals surface area contributed by atoms with Gasteiger partial charge in [0.1, 0.15) is 0 Å². The molecule has 0 radical (unpaired) electrons. The molecule has 0 saturated carbocycles. The van der Waals surface area contributed by atoms with E-state index >= 15 is 0 Å². The second-order valence-corrected chi connectivity index (χ2v) is 5.02. The van der Waals surface area contributed by atoms with Crippen molar-refractivity contribution in [2.45, 2.75) is 12.8 Å². The number of nitrogens with one attached hydrogen (secondary N) is 1. The van der Waals surface area contributed by atoms with Crippen LogP contribution in [0.25, 0.3) is 0 Å². The zero-order chi connectivity index (χ0) is 17.0. The van der Waals surface area contributed by atoms with Crippen molar-refractivity contribution < 1.29 is 19.4 Å². The molecule has 1 aromatic carbocycles. The molecular weight excluding hydrogens is 308 g/mol. The molecule has 1 heterocycles. The molecule has 0 spiro atoms. The summed E-state index contributed by atoms with van der Waals surface area (Å²) in [6.45, 7) is 1.02. The standard InChI is InChI=1S/C13H14N4O6/c18-12(15-3-1-2-4-15)8-14-13(19)9-5-10(16(20)21)7-11(6-9)17(22)23/h5-7H,1-4,8H2,(H,14,19). The molecule has 0 bridgehead atoms. The van der Waals surface area contributed by atoms with Crippen LogP contribution in [0.15, 0.2) is 18.2 Å². The number of benzene rings is 1. The maximum atomic E-state index is 12.0. The number of amides is 2. The van der Waals surface area contributed by atoms with Gasteiger partial charge in [0.2, 0.25) is 5.91 Å². The summed E-state index contributed by atoms with van der Waals surface area (Å²) in [6, 6.07) is 2.64. The summed E-state index contributed by atoms with van der Waals surface area (Å²) in [4.78, 5) is 45.3. The Hall–Kier alpha value is -3.04. The average molecular weight is 322 g/mol. The number of likely N-dealkylation sites (tertiary alicyclic amines) is 1. The number of carbonyl (C=O) groups is 2. The molecule has 0 aliphatic carbocycles. The van der Waals surface area contributed by atoms with Gasteiger partial charge in [-0.25, -0.2) is 0 Å². The molecule has 0 atom stereocenters. The van der Waals surface area contributed by atoms with Crippen LogP contribution >= 0.6 is 0 Å². The highest BCUT2D eigenvalue weighted by Crippen LogP contribution is 2.22. The van der Waals surface area contributed by atoms with Crippen LogP contribution in [0.5, 0.6) is 0 Å². The van der Waals surface area contributed by atoms with Crippen LogP contribution in [0, 0.1) is 20.2 Å². The Morgan fingerprint density at radius 3 is 2.04 bits per heavy atom. The number of carbonyl (C=O) groups excluding carboxylic acids is 2. The van der Waals surface area contributed by atoms with E-state index in [1.165, 1.54) is 0 Å². The van der Waals surface area contributed by atoms with E-state index in [4.69, 9.17) is 0 Å². The van der Waals surface area contributed by atoms with Crippen LogP contribution in [-0.2, 0) is 4.79 Å². The molecule has 10 heteroatoms. The van der Waals surface area contributed by atoms with Crippen molar-refractivity contribution in [2.75, 3.05) is 19.6 Å². The zero-order valence-electron chi connectivity index (χ0n) is 12.1. The van der Waals surface area contributed by atoms with Gasteiger partial charge in [-0.05, 0) is 12.8 Å². The molecule has 23 heavy (non-hydrogen) atoms. The molecule has 122 valence electrons. The Morgan fingerprint density at radius 2 is 1.57 bits per heavy atom. The molecule has 0 unspecified atom stereocenters. The molecule has 1 fully saturated rings. The third-order valence-corrected chi connectivity index (χ3v) is 3.45. The minimum Gasteiger partial charge on any atom is -0.343 e. The lowest BCUT2D eigenvalue weighted by molar-refractivity contribution is -0.394. The van der Waals surface area contributed by atoms with Crippen molar-refractivity contribution in [2.24, 2.45) is 0 Å². The van der Waals surface area contributed by atoms with Crippen molar-refractivity contribution >= 4 is 23.2 Å². The minimum absolute atomic E-state index is 0.236. The van der Waals surface area contributed by atoms with Crippen LogP contribution in [-0.4, -0.2) is 46.2 Å². The summed E-state index contributed by atoms with van der Waals surface area (Å²) < 4.78 is 0. The fourth-order valence-electron chi connectivity index (χ4n) is 2.27. The van der Waals surface area contributed by atoms with Gasteiger partial charge in [-0.3, -0.25) is 29.8 Å². The normalized spacial score (nSPS) is 13.7. The Bertz CT molecular complexity index is 636. The van der Waals surface area contributed by atoms with Gasteiger partial charge in [-0.15, -0.1) is 0 Å². The first-order valence-electron chi connectivity index (χ1n) is 6.88. The van der Waals surface area contributed by atoms with Crippen LogP contribution in [0.2, 0.25) is 0 Å². The number of nitro benzene ring substituents is 2. The maximum absolute atomic E-state index is 12.0. The first-order valence-corrected chi connectivity index (χ1v) is 6.88. The van der Waals surface area contributed by atoms with Gasteiger partial charge in [-0.1, -0.05) is 0 Å². The predicted octanol–water partition coefficient (Wildman–Crippen LogP) is 0.855. The second kappa shape index (κ2) is 6.81. The average Bonchev–Trinajstić information content (AvgIpc) is 3.06. The summed E-state index contributed by atoms with van der Waals surface area (Å²) >= 11 is 0. The fourth-order valence-corrected chi connectivity index (χ4v) is 2.27. The smallest absolute Gasteiger partial charge is 0.277 e. The SMILES string of the molecule is O=C(NCC(=O)N1CCCC1)c1cc([N+](=O)[O-])cc([N+](=O)[O-])c1. The molecule has 0 aromatic heterocycles. The molecule has 1 aliphatic heterocycles. The van der Waals surface area contributed by atoms with Crippen LogP contribution in [0.1, 0.15) is 23.2 Å². The van der Waals surface area contributed by atoms with E-state index < -0.39 is 27.1 Å². The van der Waals surface area contributed by atoms with E-state index in [0.29, 0.717) is 13.1 Å². The molecule has 10 nitrogen and oxygen atoms in total. The van der Waals surface area contributed by atoms with E-state index in [9.17, 15) is 29.8 Å². The fraction of sp³-hybridized carbons (Fsp3) is 0.385. The zero-order valence-corrected chi connectivity index (χ0v) is 12.1. The summed E-state index contributed by atoms with van der Waals surface area (Å²) in [5, 5.41) is 23.9. The quantitative estimate of drug-likeness (QED) is 0.630. The van der Waals surface area contributed by atoms with E-state index in [1.807, 2.05) is 0 Å². The van der Waals surface area contributed by atoms with Crippen molar-refractivity contribution in [3.63, 3.8) is 0 Å². The molecule has 1 aromatic rings. The first-order chi connectivity index (χ1) is 10.9. The number of hydrogen-bond acceptors (Lipinski definition) is 6. The number of non-ortho nitro benzene ring substituents is 2. The number of nitro groups is 2. The van der Waals surface area contributed by atoms with Crippen molar-refractivity contribution in [3.8, 4) is 0 Å². The molecular formula is C13H14N4O6. The van der Waals surface area contributed by atoms with Crippen molar-refractivity contribution in [3.05, 3.63) is 44.0 Å². The van der Waals surface area contributed by atoms with E-state index in [0.717, 1.165) is 31.0 Å². The highest BCUT2D eigenvalue weighted by atomic mass is 16.6. The molecule has 1 aliphatic rings. The Morgan fingerprint density at radius 1 is 1.04 bits per heavy atom. The summed E-state index contributed by atoms with van der Waals surface area (Å²) in [6.07, 6.45) is 1.83. The summed E-state index contributed by atoms with van der Waals surface area (Å²) in [5.41, 5.74) is -1.36. The van der Waals surface area contributed by atoms with E-state index in [-0.39, 0.29) is 18.0 Å². The van der Waals surface area contributed by atoms with Gasteiger partial charge in [0.15, 0.2) is 0 Å². The van der Waals surface area contributed by atoms with Crippen molar-refractivity contribution in [1.29, 1.82) is 0 Å². The van der Waals surface area contributed by atoms with Gasteiger partial charge >= 0.3 is 0 Å². The lowest BCUT2D eigenvalue weighted by Gasteiger charge is -2.15. The minimum atomic E-state index is -0.820. The van der Waals surface area contributed by atoms with E-state index in [1.54, 1.807) is 4.90 Å². The molecule has 2 amide bonds. The lowest BCUT2D eigenvalue weighted by Crippen LogP contribution is -2.38. The Balaban J connectivity index is 2.10. The highest BCUT2D eigenvalue weighted by molar-refractivity contribution is 5.97. The molecule has 1 N–H and O–H groups in total. The van der Waals surface area contributed by atoms with Gasteiger partial charge < -0.3 is 10.2 Å². The van der Waals surface area contributed by atoms with Gasteiger partial charge in [-0.2, -0.15) is 0 Å². The Labute approximate surface area is 130 Å². The summed E-state index contributed by atoms with van der Waals surface area (Å²) in [5.74, 6) is -1.03.